The SMILES string of the molecule is Cc1ccc(/C(O)=C2/C(=O)C(=O)N(c3cccc(F)c3)C2c2ccc(Cl)c(Cl)c2)cc1C. The maximum atomic E-state index is 14.0. The molecule has 1 aliphatic heterocycles. The minimum Gasteiger partial charge on any atom is -0.507 e. The second kappa shape index (κ2) is 8.41. The zero-order valence-electron chi connectivity index (χ0n) is 17.2. The van der Waals surface area contributed by atoms with Gasteiger partial charge in [-0.25, -0.2) is 4.39 Å². The summed E-state index contributed by atoms with van der Waals surface area (Å²) in [5.74, 6) is -2.63. The number of Topliss-reactive ketones (excluding diaryl/α,β-unsaturated/α-hetero) is 1. The van der Waals surface area contributed by atoms with Gasteiger partial charge in [0.15, 0.2) is 0 Å². The van der Waals surface area contributed by atoms with Crippen LogP contribution in [0.5, 0.6) is 0 Å². The smallest absolute Gasteiger partial charge is 0.300 e. The Morgan fingerprint density at radius 1 is 0.938 bits per heavy atom. The number of halogens is 3. The van der Waals surface area contributed by atoms with Crippen LogP contribution in [0.1, 0.15) is 28.3 Å². The Hall–Kier alpha value is -3.15. The Labute approximate surface area is 194 Å². The highest BCUT2D eigenvalue weighted by Gasteiger charge is 2.47. The van der Waals surface area contributed by atoms with Crippen LogP contribution in [0.15, 0.2) is 66.2 Å². The largest absolute Gasteiger partial charge is 0.507 e. The molecule has 0 saturated carbocycles. The summed E-state index contributed by atoms with van der Waals surface area (Å²) in [4.78, 5) is 27.3. The van der Waals surface area contributed by atoms with Crippen LogP contribution < -0.4 is 4.90 Å². The van der Waals surface area contributed by atoms with Crippen molar-refractivity contribution in [3.05, 3.63) is 104 Å². The van der Waals surface area contributed by atoms with Crippen LogP contribution in [-0.2, 0) is 9.59 Å². The van der Waals surface area contributed by atoms with Crippen LogP contribution in [0.3, 0.4) is 0 Å². The van der Waals surface area contributed by atoms with E-state index in [1.165, 1.54) is 24.3 Å². The van der Waals surface area contributed by atoms with E-state index in [0.717, 1.165) is 22.1 Å². The summed E-state index contributed by atoms with van der Waals surface area (Å²) in [6.45, 7) is 3.81. The van der Waals surface area contributed by atoms with Crippen LogP contribution >= 0.6 is 23.2 Å². The molecule has 1 unspecified atom stereocenters. The molecule has 7 heteroatoms. The number of aliphatic hydroxyl groups excluding tert-OH is 1. The number of carbonyl (C=O) groups is 2. The number of amides is 1. The highest BCUT2D eigenvalue weighted by Crippen LogP contribution is 2.43. The second-order valence-electron chi connectivity index (χ2n) is 7.62. The molecule has 1 saturated heterocycles. The molecule has 4 rings (SSSR count). The van der Waals surface area contributed by atoms with Gasteiger partial charge in [0, 0.05) is 11.3 Å². The maximum Gasteiger partial charge on any atom is 0.300 e. The molecule has 1 N–H and O–H groups in total. The monoisotopic (exact) mass is 469 g/mol. The van der Waals surface area contributed by atoms with E-state index in [9.17, 15) is 19.1 Å². The number of hydrogen-bond acceptors (Lipinski definition) is 3. The lowest BCUT2D eigenvalue weighted by Gasteiger charge is -2.25. The van der Waals surface area contributed by atoms with Crippen LogP contribution in [0.2, 0.25) is 10.0 Å². The molecule has 1 amide bonds. The number of aryl methyl sites for hydroxylation is 2. The molecule has 0 spiro atoms. The first-order chi connectivity index (χ1) is 15.2. The van der Waals surface area contributed by atoms with Crippen molar-refractivity contribution in [2.45, 2.75) is 19.9 Å². The Morgan fingerprint density at radius 2 is 1.69 bits per heavy atom. The van der Waals surface area contributed by atoms with E-state index < -0.39 is 23.5 Å². The van der Waals surface area contributed by atoms with Gasteiger partial charge in [-0.3, -0.25) is 14.5 Å². The molecule has 1 heterocycles. The topological polar surface area (TPSA) is 57.6 Å². The van der Waals surface area contributed by atoms with Crippen molar-refractivity contribution in [1.29, 1.82) is 0 Å². The number of carbonyl (C=O) groups excluding carboxylic acids is 2. The van der Waals surface area contributed by atoms with Gasteiger partial charge < -0.3 is 5.11 Å². The fourth-order valence-electron chi connectivity index (χ4n) is 3.77. The van der Waals surface area contributed by atoms with Gasteiger partial charge in [0.1, 0.15) is 11.6 Å². The van der Waals surface area contributed by atoms with Crippen molar-refractivity contribution in [2.24, 2.45) is 0 Å². The molecule has 32 heavy (non-hydrogen) atoms. The zero-order valence-corrected chi connectivity index (χ0v) is 18.7. The lowest BCUT2D eigenvalue weighted by Crippen LogP contribution is -2.29. The average Bonchev–Trinajstić information content (AvgIpc) is 3.02. The molecule has 0 aliphatic carbocycles. The van der Waals surface area contributed by atoms with Crippen molar-refractivity contribution >= 4 is 46.3 Å². The molecule has 0 radical (unpaired) electrons. The Balaban J connectivity index is 1.98. The van der Waals surface area contributed by atoms with Crippen molar-refractivity contribution in [3.8, 4) is 0 Å². The third kappa shape index (κ3) is 3.78. The lowest BCUT2D eigenvalue weighted by atomic mass is 9.94. The molecular formula is C25H18Cl2FNO3. The van der Waals surface area contributed by atoms with E-state index in [1.807, 2.05) is 19.9 Å². The van der Waals surface area contributed by atoms with Crippen LogP contribution in [0, 0.1) is 19.7 Å². The van der Waals surface area contributed by atoms with Gasteiger partial charge >= 0.3 is 0 Å². The van der Waals surface area contributed by atoms with Gasteiger partial charge in [-0.15, -0.1) is 0 Å². The van der Waals surface area contributed by atoms with E-state index in [-0.39, 0.29) is 22.0 Å². The van der Waals surface area contributed by atoms with Crippen LogP contribution in [0.25, 0.3) is 5.76 Å². The summed E-state index contributed by atoms with van der Waals surface area (Å²) >= 11 is 12.3. The minimum atomic E-state index is -1.02. The van der Waals surface area contributed by atoms with Gasteiger partial charge in [-0.1, -0.05) is 47.5 Å². The molecule has 4 nitrogen and oxygen atoms in total. The van der Waals surface area contributed by atoms with Gasteiger partial charge in [-0.2, -0.15) is 0 Å². The summed E-state index contributed by atoms with van der Waals surface area (Å²) in [6.07, 6.45) is 0. The Kier molecular flexibility index (Phi) is 5.80. The predicted molar refractivity (Wildman–Crippen MR) is 124 cm³/mol. The molecule has 3 aromatic rings. The molecule has 3 aromatic carbocycles. The summed E-state index contributed by atoms with van der Waals surface area (Å²) in [5.41, 5.74) is 2.86. The molecule has 0 bridgehead atoms. The van der Waals surface area contributed by atoms with Crippen molar-refractivity contribution in [3.63, 3.8) is 0 Å². The first-order valence-electron chi connectivity index (χ1n) is 9.78. The normalized spacial score (nSPS) is 17.8. The molecule has 0 aromatic heterocycles. The fourth-order valence-corrected chi connectivity index (χ4v) is 4.07. The van der Waals surface area contributed by atoms with Crippen molar-refractivity contribution in [1.82, 2.24) is 0 Å². The highest BCUT2D eigenvalue weighted by atomic mass is 35.5. The molecular weight excluding hydrogens is 452 g/mol. The average molecular weight is 470 g/mol. The number of nitrogens with zero attached hydrogens (tertiary/aromatic N) is 1. The van der Waals surface area contributed by atoms with Crippen molar-refractivity contribution in [2.75, 3.05) is 4.90 Å². The zero-order chi connectivity index (χ0) is 23.2. The Bertz CT molecular complexity index is 1300. The summed E-state index contributed by atoms with van der Waals surface area (Å²) in [6, 6.07) is 14.3. The van der Waals surface area contributed by atoms with E-state index in [4.69, 9.17) is 23.2 Å². The van der Waals surface area contributed by atoms with E-state index in [0.29, 0.717) is 16.1 Å². The van der Waals surface area contributed by atoms with E-state index >= 15 is 0 Å². The summed E-state index contributed by atoms with van der Waals surface area (Å²) < 4.78 is 14.0. The Morgan fingerprint density at radius 3 is 2.34 bits per heavy atom. The number of aliphatic hydroxyl groups is 1. The van der Waals surface area contributed by atoms with Crippen LogP contribution in [-0.4, -0.2) is 16.8 Å². The minimum absolute atomic E-state index is 0.110. The molecule has 1 atom stereocenters. The van der Waals surface area contributed by atoms with Gasteiger partial charge in [-0.05, 0) is 66.9 Å². The van der Waals surface area contributed by atoms with Crippen molar-refractivity contribution < 1.29 is 19.1 Å². The van der Waals surface area contributed by atoms with Gasteiger partial charge in [0.25, 0.3) is 11.7 Å². The summed E-state index contributed by atoms with van der Waals surface area (Å²) in [7, 11) is 0. The van der Waals surface area contributed by atoms with Gasteiger partial charge in [0.05, 0.1) is 21.7 Å². The number of rotatable bonds is 3. The third-order valence-corrected chi connectivity index (χ3v) is 6.31. The standard InChI is InChI=1S/C25H18Cl2FNO3/c1-13-6-7-16(10-14(13)2)23(30)21-22(15-8-9-19(26)20(27)11-15)29(25(32)24(21)31)18-5-3-4-17(28)12-18/h3-12,22,30H,1-2H3/b23-21-. The highest BCUT2D eigenvalue weighted by molar-refractivity contribution is 6.51. The van der Waals surface area contributed by atoms with Gasteiger partial charge in [0.2, 0.25) is 0 Å². The first-order valence-corrected chi connectivity index (χ1v) is 10.5. The second-order valence-corrected chi connectivity index (χ2v) is 8.44. The lowest BCUT2D eigenvalue weighted by molar-refractivity contribution is -0.132. The molecule has 1 aliphatic rings. The maximum absolute atomic E-state index is 14.0. The number of anilines is 1. The third-order valence-electron chi connectivity index (χ3n) is 5.57. The number of ketones is 1. The van der Waals surface area contributed by atoms with Crippen LogP contribution in [0.4, 0.5) is 10.1 Å². The molecule has 162 valence electrons. The van der Waals surface area contributed by atoms with E-state index in [2.05, 4.69) is 0 Å². The molecule has 1 fully saturated rings. The first kappa shape index (κ1) is 22.1. The predicted octanol–water partition coefficient (Wildman–Crippen LogP) is 6.38. The van der Waals surface area contributed by atoms with E-state index in [1.54, 1.807) is 24.3 Å². The number of hydrogen-bond donors (Lipinski definition) is 1. The fraction of sp³-hybridized carbons (Fsp3) is 0.120. The summed E-state index contributed by atoms with van der Waals surface area (Å²) in [5, 5.41) is 11.7. The number of benzene rings is 3. The quantitative estimate of drug-likeness (QED) is 0.275.